The molecule has 1 aliphatic carbocycles. The SMILES string of the molecule is CCNC(=NCc1ccc(C(=O)OCC)cc1)NC1CCC(SC)C1. The third-order valence-corrected chi connectivity index (χ3v) is 5.38. The summed E-state index contributed by atoms with van der Waals surface area (Å²) >= 11 is 1.96. The van der Waals surface area contributed by atoms with Gasteiger partial charge in [-0.15, -0.1) is 0 Å². The molecular weight excluding hydrogens is 334 g/mol. The Labute approximate surface area is 155 Å². The Bertz CT molecular complexity index is 575. The molecule has 0 radical (unpaired) electrons. The molecule has 1 aromatic rings. The summed E-state index contributed by atoms with van der Waals surface area (Å²) in [4.78, 5) is 16.4. The lowest BCUT2D eigenvalue weighted by atomic mass is 10.1. The van der Waals surface area contributed by atoms with Gasteiger partial charge >= 0.3 is 5.97 Å². The predicted molar refractivity (Wildman–Crippen MR) is 105 cm³/mol. The van der Waals surface area contributed by atoms with Crippen LogP contribution in [0.3, 0.4) is 0 Å². The van der Waals surface area contributed by atoms with Crippen molar-refractivity contribution in [2.75, 3.05) is 19.4 Å². The van der Waals surface area contributed by atoms with Crippen LogP contribution in [0.15, 0.2) is 29.3 Å². The van der Waals surface area contributed by atoms with Crippen molar-refractivity contribution in [1.82, 2.24) is 10.6 Å². The van der Waals surface area contributed by atoms with E-state index in [2.05, 4.69) is 28.8 Å². The molecule has 2 rings (SSSR count). The highest BCUT2D eigenvalue weighted by Crippen LogP contribution is 2.28. The molecule has 0 heterocycles. The maximum Gasteiger partial charge on any atom is 0.338 e. The Morgan fingerprint density at radius 1 is 1.28 bits per heavy atom. The molecule has 0 saturated heterocycles. The normalized spacial score (nSPS) is 20.4. The molecular formula is C19H29N3O2S. The first-order valence-corrected chi connectivity index (χ1v) is 10.3. The largest absolute Gasteiger partial charge is 0.462 e. The number of guanidine groups is 1. The molecule has 2 atom stereocenters. The number of benzene rings is 1. The molecule has 0 bridgehead atoms. The number of hydrogen-bond donors (Lipinski definition) is 2. The van der Waals surface area contributed by atoms with Gasteiger partial charge in [0.05, 0.1) is 18.7 Å². The number of nitrogens with one attached hydrogen (secondary N) is 2. The molecule has 1 aliphatic rings. The van der Waals surface area contributed by atoms with E-state index in [4.69, 9.17) is 4.74 Å². The van der Waals surface area contributed by atoms with Crippen LogP contribution in [0.25, 0.3) is 0 Å². The van der Waals surface area contributed by atoms with Crippen molar-refractivity contribution >= 4 is 23.7 Å². The lowest BCUT2D eigenvalue weighted by Gasteiger charge is -2.17. The van der Waals surface area contributed by atoms with Gasteiger partial charge in [0.25, 0.3) is 0 Å². The quantitative estimate of drug-likeness (QED) is 0.442. The van der Waals surface area contributed by atoms with E-state index in [9.17, 15) is 4.79 Å². The first-order chi connectivity index (χ1) is 12.2. The molecule has 0 spiro atoms. The van der Waals surface area contributed by atoms with Gasteiger partial charge in [-0.2, -0.15) is 11.8 Å². The fraction of sp³-hybridized carbons (Fsp3) is 0.579. The van der Waals surface area contributed by atoms with Crippen molar-refractivity contribution in [2.24, 2.45) is 4.99 Å². The van der Waals surface area contributed by atoms with Crippen molar-refractivity contribution in [2.45, 2.75) is 50.9 Å². The fourth-order valence-corrected chi connectivity index (χ4v) is 3.73. The standard InChI is InChI=1S/C19H29N3O2S/c1-4-20-19(22-16-10-11-17(12-16)25-3)21-13-14-6-8-15(9-7-14)18(23)24-5-2/h6-9,16-17H,4-5,10-13H2,1-3H3,(H2,20,21,22). The van der Waals surface area contributed by atoms with E-state index in [-0.39, 0.29) is 5.97 Å². The number of rotatable bonds is 7. The maximum absolute atomic E-state index is 11.7. The monoisotopic (exact) mass is 363 g/mol. The number of nitrogens with zero attached hydrogens (tertiary/aromatic N) is 1. The van der Waals surface area contributed by atoms with Crippen LogP contribution in [0.1, 0.15) is 49.0 Å². The number of hydrogen-bond acceptors (Lipinski definition) is 4. The lowest BCUT2D eigenvalue weighted by molar-refractivity contribution is 0.0526. The minimum Gasteiger partial charge on any atom is -0.462 e. The number of carbonyl (C=O) groups is 1. The van der Waals surface area contributed by atoms with Gasteiger partial charge in [0.2, 0.25) is 0 Å². The topological polar surface area (TPSA) is 62.7 Å². The van der Waals surface area contributed by atoms with Gasteiger partial charge in [0, 0.05) is 17.8 Å². The van der Waals surface area contributed by atoms with Crippen LogP contribution < -0.4 is 10.6 Å². The number of carbonyl (C=O) groups excluding carboxylic acids is 1. The van der Waals surface area contributed by atoms with Crippen molar-refractivity contribution in [3.63, 3.8) is 0 Å². The van der Waals surface area contributed by atoms with Gasteiger partial charge in [-0.3, -0.25) is 0 Å². The number of thioether (sulfide) groups is 1. The zero-order valence-corrected chi connectivity index (χ0v) is 16.2. The third-order valence-electron chi connectivity index (χ3n) is 4.29. The van der Waals surface area contributed by atoms with Gasteiger partial charge in [-0.25, -0.2) is 9.79 Å². The second-order valence-corrected chi connectivity index (χ2v) is 7.26. The van der Waals surface area contributed by atoms with E-state index >= 15 is 0 Å². The lowest BCUT2D eigenvalue weighted by Crippen LogP contribution is -2.42. The molecule has 2 unspecified atom stereocenters. The Morgan fingerprint density at radius 3 is 2.64 bits per heavy atom. The molecule has 2 N–H and O–H groups in total. The maximum atomic E-state index is 11.7. The third kappa shape index (κ3) is 6.27. The molecule has 1 aromatic carbocycles. The Morgan fingerprint density at radius 2 is 2.04 bits per heavy atom. The fourth-order valence-electron chi connectivity index (χ4n) is 2.93. The Hall–Kier alpha value is -1.69. The summed E-state index contributed by atoms with van der Waals surface area (Å²) in [5.74, 6) is 0.584. The second kappa shape index (κ2) is 10.3. The van der Waals surface area contributed by atoms with Gasteiger partial charge in [-0.1, -0.05) is 12.1 Å². The molecule has 0 amide bonds. The summed E-state index contributed by atoms with van der Waals surface area (Å²) in [6.07, 6.45) is 5.85. The summed E-state index contributed by atoms with van der Waals surface area (Å²) in [7, 11) is 0. The summed E-state index contributed by atoms with van der Waals surface area (Å²) in [5.41, 5.74) is 1.65. The molecule has 25 heavy (non-hydrogen) atoms. The van der Waals surface area contributed by atoms with Crippen LogP contribution in [0.2, 0.25) is 0 Å². The average molecular weight is 364 g/mol. The van der Waals surface area contributed by atoms with Crippen LogP contribution >= 0.6 is 11.8 Å². The van der Waals surface area contributed by atoms with Crippen LogP contribution in [-0.4, -0.2) is 42.6 Å². The molecule has 138 valence electrons. The number of ether oxygens (including phenoxy) is 1. The van der Waals surface area contributed by atoms with Gasteiger partial charge in [0.1, 0.15) is 0 Å². The van der Waals surface area contributed by atoms with Gasteiger partial charge in [-0.05, 0) is 57.1 Å². The van der Waals surface area contributed by atoms with E-state index in [0.717, 1.165) is 23.3 Å². The highest BCUT2D eigenvalue weighted by atomic mass is 32.2. The van der Waals surface area contributed by atoms with E-state index < -0.39 is 0 Å². The number of esters is 1. The summed E-state index contributed by atoms with van der Waals surface area (Å²) in [6, 6.07) is 7.95. The minimum absolute atomic E-state index is 0.280. The Kier molecular flexibility index (Phi) is 8.12. The summed E-state index contributed by atoms with van der Waals surface area (Å²) in [5, 5.41) is 7.63. The zero-order valence-electron chi connectivity index (χ0n) is 15.4. The van der Waals surface area contributed by atoms with Crippen LogP contribution in [0.5, 0.6) is 0 Å². The van der Waals surface area contributed by atoms with Gasteiger partial charge < -0.3 is 15.4 Å². The van der Waals surface area contributed by atoms with E-state index in [1.807, 2.05) is 30.8 Å². The number of aliphatic imine (C=N–C) groups is 1. The molecule has 1 saturated carbocycles. The van der Waals surface area contributed by atoms with E-state index in [0.29, 0.717) is 24.8 Å². The zero-order chi connectivity index (χ0) is 18.1. The smallest absolute Gasteiger partial charge is 0.338 e. The highest BCUT2D eigenvalue weighted by Gasteiger charge is 2.24. The van der Waals surface area contributed by atoms with Crippen LogP contribution in [0.4, 0.5) is 0 Å². The molecule has 5 nitrogen and oxygen atoms in total. The van der Waals surface area contributed by atoms with E-state index in [1.165, 1.54) is 19.3 Å². The molecule has 0 aliphatic heterocycles. The van der Waals surface area contributed by atoms with Gasteiger partial charge in [0.15, 0.2) is 5.96 Å². The first-order valence-electron chi connectivity index (χ1n) is 9.00. The molecule has 0 aromatic heterocycles. The second-order valence-electron chi connectivity index (χ2n) is 6.12. The summed E-state index contributed by atoms with van der Waals surface area (Å²) in [6.45, 7) is 5.69. The van der Waals surface area contributed by atoms with Crippen molar-refractivity contribution in [1.29, 1.82) is 0 Å². The van der Waals surface area contributed by atoms with E-state index in [1.54, 1.807) is 12.1 Å². The highest BCUT2D eigenvalue weighted by molar-refractivity contribution is 7.99. The summed E-state index contributed by atoms with van der Waals surface area (Å²) < 4.78 is 5.00. The van der Waals surface area contributed by atoms with Crippen LogP contribution in [-0.2, 0) is 11.3 Å². The molecule has 6 heteroatoms. The minimum atomic E-state index is -0.280. The molecule has 1 fully saturated rings. The average Bonchev–Trinajstić information content (AvgIpc) is 3.08. The van der Waals surface area contributed by atoms with Crippen molar-refractivity contribution < 1.29 is 9.53 Å². The van der Waals surface area contributed by atoms with Crippen LogP contribution in [0, 0.1) is 0 Å². The predicted octanol–water partition coefficient (Wildman–Crippen LogP) is 3.20. The van der Waals surface area contributed by atoms with Crippen molar-refractivity contribution in [3.8, 4) is 0 Å². The van der Waals surface area contributed by atoms with Crippen molar-refractivity contribution in [3.05, 3.63) is 35.4 Å². The Balaban J connectivity index is 1.92. The first kappa shape index (κ1) is 19.6.